The lowest BCUT2D eigenvalue weighted by Crippen LogP contribution is -2.08. The van der Waals surface area contributed by atoms with E-state index in [0.29, 0.717) is 18.1 Å². The normalized spacial score (nSPS) is 20.7. The average Bonchev–Trinajstić information content (AvgIpc) is 2.77. The molecule has 82 valence electrons. The molecule has 1 fully saturated rings. The molecule has 0 saturated carbocycles. The second-order valence-corrected chi connectivity index (χ2v) is 3.63. The number of carboxylic acids is 1. The highest BCUT2D eigenvalue weighted by atomic mass is 16.5. The lowest BCUT2D eigenvalue weighted by molar-refractivity contribution is -0.136. The molecule has 1 aliphatic rings. The second-order valence-electron chi connectivity index (χ2n) is 3.63. The zero-order chi connectivity index (χ0) is 10.7. The maximum atomic E-state index is 10.4. The molecule has 1 saturated heterocycles. The highest BCUT2D eigenvalue weighted by Gasteiger charge is 2.18. The van der Waals surface area contributed by atoms with Gasteiger partial charge in [0.25, 0.3) is 0 Å². The van der Waals surface area contributed by atoms with E-state index >= 15 is 0 Å². The minimum atomic E-state index is -0.908. The Morgan fingerprint density at radius 2 is 2.53 bits per heavy atom. The van der Waals surface area contributed by atoms with Crippen LogP contribution in [0.5, 0.6) is 0 Å². The quantitative estimate of drug-likeness (QED) is 0.805. The van der Waals surface area contributed by atoms with Gasteiger partial charge in [0.15, 0.2) is 5.89 Å². The van der Waals surface area contributed by atoms with Gasteiger partial charge in [0.2, 0.25) is 0 Å². The van der Waals surface area contributed by atoms with Gasteiger partial charge in [-0.25, -0.2) is 4.98 Å². The first kappa shape index (κ1) is 10.2. The van der Waals surface area contributed by atoms with Gasteiger partial charge in [0, 0.05) is 6.61 Å². The fourth-order valence-corrected chi connectivity index (χ4v) is 1.67. The number of ether oxygens (including phenoxy) is 1. The van der Waals surface area contributed by atoms with E-state index in [1.807, 2.05) is 0 Å². The zero-order valence-corrected chi connectivity index (χ0v) is 8.31. The molecule has 5 heteroatoms. The molecular formula is C10H13NO4. The molecule has 1 atom stereocenters. The van der Waals surface area contributed by atoms with E-state index in [2.05, 4.69) is 4.98 Å². The van der Waals surface area contributed by atoms with Crippen molar-refractivity contribution in [3.63, 3.8) is 0 Å². The van der Waals surface area contributed by atoms with Gasteiger partial charge in [-0.2, -0.15) is 0 Å². The summed E-state index contributed by atoms with van der Waals surface area (Å²) in [4.78, 5) is 14.4. The van der Waals surface area contributed by atoms with Crippen LogP contribution in [0.2, 0.25) is 0 Å². The zero-order valence-electron chi connectivity index (χ0n) is 8.31. The van der Waals surface area contributed by atoms with Crippen LogP contribution in [0, 0.1) is 0 Å². The summed E-state index contributed by atoms with van der Waals surface area (Å²) in [5.41, 5.74) is 0. The third-order valence-corrected chi connectivity index (χ3v) is 2.35. The molecule has 1 aromatic heterocycles. The first-order chi connectivity index (χ1) is 7.24. The van der Waals surface area contributed by atoms with Gasteiger partial charge < -0.3 is 14.3 Å². The Morgan fingerprint density at radius 1 is 1.67 bits per heavy atom. The first-order valence-electron chi connectivity index (χ1n) is 5.01. The lowest BCUT2D eigenvalue weighted by atomic mass is 10.2. The molecule has 0 spiro atoms. The Hall–Kier alpha value is -1.36. The largest absolute Gasteiger partial charge is 0.481 e. The van der Waals surface area contributed by atoms with Crippen LogP contribution in [0.1, 0.15) is 24.5 Å². The summed E-state index contributed by atoms with van der Waals surface area (Å²) in [6, 6.07) is 0. The van der Waals surface area contributed by atoms with Gasteiger partial charge in [-0.05, 0) is 12.8 Å². The van der Waals surface area contributed by atoms with Crippen LogP contribution in [0.15, 0.2) is 10.6 Å². The minimum absolute atomic E-state index is 0.113. The molecule has 0 radical (unpaired) electrons. The van der Waals surface area contributed by atoms with E-state index in [1.54, 1.807) is 0 Å². The topological polar surface area (TPSA) is 72.6 Å². The number of hydrogen-bond acceptors (Lipinski definition) is 4. The van der Waals surface area contributed by atoms with Crippen LogP contribution >= 0.6 is 0 Å². The Labute approximate surface area is 87.1 Å². The van der Waals surface area contributed by atoms with Crippen LogP contribution in [0.3, 0.4) is 0 Å². The van der Waals surface area contributed by atoms with E-state index < -0.39 is 5.97 Å². The predicted octanol–water partition coefficient (Wildman–Crippen LogP) is 1.02. The Kier molecular flexibility index (Phi) is 3.01. The summed E-state index contributed by atoms with van der Waals surface area (Å²) < 4.78 is 10.7. The fraction of sp³-hybridized carbons (Fsp3) is 0.600. The molecule has 0 bridgehead atoms. The Bertz CT molecular complexity index is 341. The van der Waals surface area contributed by atoms with Gasteiger partial charge >= 0.3 is 5.97 Å². The third kappa shape index (κ3) is 2.79. The molecule has 1 aromatic rings. The van der Waals surface area contributed by atoms with Crippen molar-refractivity contribution in [1.82, 2.24) is 4.98 Å². The van der Waals surface area contributed by atoms with Gasteiger partial charge in [-0.15, -0.1) is 0 Å². The average molecular weight is 211 g/mol. The summed E-state index contributed by atoms with van der Waals surface area (Å²) in [7, 11) is 0. The molecule has 0 aromatic carbocycles. The molecular weight excluding hydrogens is 198 g/mol. The Balaban J connectivity index is 1.91. The van der Waals surface area contributed by atoms with Crippen LogP contribution in [0.25, 0.3) is 0 Å². The van der Waals surface area contributed by atoms with Crippen molar-refractivity contribution >= 4 is 5.97 Å². The number of rotatable bonds is 4. The number of carboxylic acid groups (broad SMARTS) is 1. The van der Waals surface area contributed by atoms with E-state index in [-0.39, 0.29) is 12.5 Å². The van der Waals surface area contributed by atoms with E-state index in [9.17, 15) is 4.79 Å². The van der Waals surface area contributed by atoms with Crippen LogP contribution in [-0.2, 0) is 22.4 Å². The number of carbonyl (C=O) groups is 1. The van der Waals surface area contributed by atoms with Crippen molar-refractivity contribution in [2.75, 3.05) is 6.61 Å². The SMILES string of the molecule is O=C(O)Cc1cnc(CC2CCCO2)o1. The number of aliphatic carboxylic acids is 1. The molecule has 2 rings (SSSR count). The van der Waals surface area contributed by atoms with Crippen LogP contribution < -0.4 is 0 Å². The fourth-order valence-electron chi connectivity index (χ4n) is 1.67. The number of nitrogens with zero attached hydrogens (tertiary/aromatic N) is 1. The summed E-state index contributed by atoms with van der Waals surface area (Å²) in [6.07, 6.45) is 4.28. The number of hydrogen-bond donors (Lipinski definition) is 1. The highest BCUT2D eigenvalue weighted by molar-refractivity contribution is 5.69. The van der Waals surface area contributed by atoms with Gasteiger partial charge in [-0.1, -0.05) is 0 Å². The monoisotopic (exact) mass is 211 g/mol. The molecule has 0 aliphatic carbocycles. The molecule has 1 aliphatic heterocycles. The first-order valence-corrected chi connectivity index (χ1v) is 5.01. The Morgan fingerprint density at radius 3 is 3.20 bits per heavy atom. The van der Waals surface area contributed by atoms with Gasteiger partial charge in [0.05, 0.1) is 18.7 Å². The molecule has 1 unspecified atom stereocenters. The standard InChI is InChI=1S/C10H13NO4/c12-10(13)5-8-6-11-9(15-8)4-7-2-1-3-14-7/h6-7H,1-5H2,(H,12,13). The van der Waals surface area contributed by atoms with Crippen molar-refractivity contribution < 1.29 is 19.1 Å². The highest BCUT2D eigenvalue weighted by Crippen LogP contribution is 2.17. The van der Waals surface area contributed by atoms with Gasteiger partial charge in [0.1, 0.15) is 12.2 Å². The smallest absolute Gasteiger partial charge is 0.311 e. The van der Waals surface area contributed by atoms with Gasteiger partial charge in [-0.3, -0.25) is 4.79 Å². The molecule has 15 heavy (non-hydrogen) atoms. The molecule has 2 heterocycles. The maximum absolute atomic E-state index is 10.4. The number of oxazole rings is 1. The summed E-state index contributed by atoms with van der Waals surface area (Å²) in [5, 5.41) is 8.55. The minimum Gasteiger partial charge on any atom is -0.481 e. The van der Waals surface area contributed by atoms with Crippen molar-refractivity contribution in [2.45, 2.75) is 31.8 Å². The lowest BCUT2D eigenvalue weighted by Gasteiger charge is -2.04. The second kappa shape index (κ2) is 4.44. The van der Waals surface area contributed by atoms with E-state index in [1.165, 1.54) is 6.20 Å². The number of aromatic nitrogens is 1. The van der Waals surface area contributed by atoms with Crippen LogP contribution in [-0.4, -0.2) is 28.8 Å². The maximum Gasteiger partial charge on any atom is 0.311 e. The van der Waals surface area contributed by atoms with Crippen molar-refractivity contribution in [2.24, 2.45) is 0 Å². The van der Waals surface area contributed by atoms with E-state index in [0.717, 1.165) is 19.4 Å². The summed E-state index contributed by atoms with van der Waals surface area (Å²) in [6.45, 7) is 0.799. The molecule has 1 N–H and O–H groups in total. The van der Waals surface area contributed by atoms with Crippen molar-refractivity contribution in [3.8, 4) is 0 Å². The predicted molar refractivity (Wildman–Crippen MR) is 50.5 cm³/mol. The summed E-state index contributed by atoms with van der Waals surface area (Å²) in [5.74, 6) is 0.0588. The molecule has 0 amide bonds. The van der Waals surface area contributed by atoms with Crippen molar-refractivity contribution in [1.29, 1.82) is 0 Å². The molecule has 5 nitrogen and oxygen atoms in total. The summed E-state index contributed by atoms with van der Waals surface area (Å²) >= 11 is 0. The van der Waals surface area contributed by atoms with Crippen molar-refractivity contribution in [3.05, 3.63) is 17.8 Å². The van der Waals surface area contributed by atoms with Crippen LogP contribution in [0.4, 0.5) is 0 Å². The third-order valence-electron chi connectivity index (χ3n) is 2.35. The van der Waals surface area contributed by atoms with E-state index in [4.69, 9.17) is 14.3 Å².